The standard InChI is InChI=1S/C28H38O3/c1-4-27(29)20-16-14-12-10-8-6-5-7-9-11-13-15-19-26(25(2)3)22-24-31-28-21-17-18-23-30-28/h4,22,24,27-29H,1,5-7,9,12,14-15,17-19,21,23H2,2-3H3/b24-22+. The van der Waals surface area contributed by atoms with E-state index in [4.69, 9.17) is 9.47 Å². The molecule has 1 aliphatic rings. The Labute approximate surface area is 190 Å². The molecule has 31 heavy (non-hydrogen) atoms. The van der Waals surface area contributed by atoms with Crippen LogP contribution in [0.5, 0.6) is 0 Å². The van der Waals surface area contributed by atoms with E-state index in [1.807, 2.05) is 0 Å². The van der Waals surface area contributed by atoms with Crippen LogP contribution in [0.3, 0.4) is 0 Å². The van der Waals surface area contributed by atoms with E-state index in [0.29, 0.717) is 6.42 Å². The maximum absolute atomic E-state index is 9.21. The van der Waals surface area contributed by atoms with E-state index < -0.39 is 6.10 Å². The summed E-state index contributed by atoms with van der Waals surface area (Å²) in [5, 5.41) is 9.21. The van der Waals surface area contributed by atoms with E-state index in [0.717, 1.165) is 64.4 Å². The van der Waals surface area contributed by atoms with E-state index in [1.54, 1.807) is 6.26 Å². The molecule has 0 aromatic carbocycles. The van der Waals surface area contributed by atoms with E-state index >= 15 is 0 Å². The second-order valence-electron chi connectivity index (χ2n) is 7.68. The lowest BCUT2D eigenvalue weighted by Gasteiger charge is -2.21. The van der Waals surface area contributed by atoms with Crippen LogP contribution in [0.15, 0.2) is 36.1 Å². The Morgan fingerprint density at radius 2 is 1.71 bits per heavy atom. The molecule has 3 heteroatoms. The lowest BCUT2D eigenvalue weighted by atomic mass is 10.1. The molecule has 1 rings (SSSR count). The van der Waals surface area contributed by atoms with Gasteiger partial charge >= 0.3 is 0 Å². The molecule has 0 saturated carbocycles. The average molecular weight is 423 g/mol. The summed E-state index contributed by atoms with van der Waals surface area (Å²) in [6, 6.07) is 0. The number of aliphatic hydroxyl groups excluding tert-OH is 1. The number of ether oxygens (including phenoxy) is 2. The van der Waals surface area contributed by atoms with Gasteiger partial charge in [0.2, 0.25) is 0 Å². The fourth-order valence-electron chi connectivity index (χ4n) is 2.87. The molecule has 0 aromatic heterocycles. The first kappa shape index (κ1) is 26.7. The van der Waals surface area contributed by atoms with Crippen molar-refractivity contribution in [3.8, 4) is 35.5 Å². The van der Waals surface area contributed by atoms with Gasteiger partial charge in [-0.05, 0) is 57.6 Å². The molecule has 3 nitrogen and oxygen atoms in total. The Morgan fingerprint density at radius 3 is 2.35 bits per heavy atom. The van der Waals surface area contributed by atoms with Crippen molar-refractivity contribution in [2.24, 2.45) is 0 Å². The van der Waals surface area contributed by atoms with Crippen LogP contribution in [-0.4, -0.2) is 24.1 Å². The van der Waals surface area contributed by atoms with Gasteiger partial charge in [-0.25, -0.2) is 0 Å². The van der Waals surface area contributed by atoms with Crippen LogP contribution < -0.4 is 0 Å². The third-order valence-electron chi connectivity index (χ3n) is 4.75. The van der Waals surface area contributed by atoms with Crippen molar-refractivity contribution < 1.29 is 14.6 Å². The highest BCUT2D eigenvalue weighted by molar-refractivity contribution is 5.23. The van der Waals surface area contributed by atoms with Crippen molar-refractivity contribution in [2.45, 2.75) is 96.9 Å². The maximum atomic E-state index is 9.21. The summed E-state index contributed by atoms with van der Waals surface area (Å²) in [7, 11) is 0. The maximum Gasteiger partial charge on any atom is 0.198 e. The minimum atomic E-state index is -0.727. The number of hydrogen-bond donors (Lipinski definition) is 1. The van der Waals surface area contributed by atoms with Crippen LogP contribution in [0.1, 0.15) is 84.5 Å². The zero-order valence-electron chi connectivity index (χ0n) is 19.3. The molecule has 0 spiro atoms. The molecular formula is C28H38O3. The van der Waals surface area contributed by atoms with Gasteiger partial charge in [0.15, 0.2) is 6.29 Å². The van der Waals surface area contributed by atoms with Crippen LogP contribution in [0.2, 0.25) is 0 Å². The quantitative estimate of drug-likeness (QED) is 0.153. The Hall–Kier alpha value is -2.38. The second-order valence-corrected chi connectivity index (χ2v) is 7.68. The summed E-state index contributed by atoms with van der Waals surface area (Å²) in [6.45, 7) is 8.53. The normalized spacial score (nSPS) is 16.0. The summed E-state index contributed by atoms with van der Waals surface area (Å²) < 4.78 is 11.3. The molecule has 168 valence electrons. The van der Waals surface area contributed by atoms with Crippen molar-refractivity contribution in [3.05, 3.63) is 36.1 Å². The molecule has 2 atom stereocenters. The van der Waals surface area contributed by atoms with Crippen LogP contribution in [0.25, 0.3) is 0 Å². The van der Waals surface area contributed by atoms with Gasteiger partial charge in [-0.2, -0.15) is 0 Å². The van der Waals surface area contributed by atoms with Crippen LogP contribution >= 0.6 is 0 Å². The molecule has 0 amide bonds. The van der Waals surface area contributed by atoms with Gasteiger partial charge in [-0.15, -0.1) is 23.7 Å². The Morgan fingerprint density at radius 1 is 1.03 bits per heavy atom. The molecule has 0 aliphatic carbocycles. The molecule has 0 radical (unpaired) electrons. The van der Waals surface area contributed by atoms with Crippen LogP contribution in [0.4, 0.5) is 0 Å². The van der Waals surface area contributed by atoms with Crippen molar-refractivity contribution in [1.29, 1.82) is 0 Å². The van der Waals surface area contributed by atoms with Crippen molar-refractivity contribution in [3.63, 3.8) is 0 Å². The second kappa shape index (κ2) is 18.4. The summed E-state index contributed by atoms with van der Waals surface area (Å²) >= 11 is 0. The van der Waals surface area contributed by atoms with Gasteiger partial charge in [-0.1, -0.05) is 30.1 Å². The third-order valence-corrected chi connectivity index (χ3v) is 4.75. The zero-order chi connectivity index (χ0) is 22.6. The Kier molecular flexibility index (Phi) is 15.8. The minimum Gasteiger partial charge on any atom is -0.473 e. The molecule has 1 heterocycles. The summed E-state index contributed by atoms with van der Waals surface area (Å²) in [5.41, 5.74) is 2.58. The van der Waals surface area contributed by atoms with E-state index in [2.05, 4.69) is 62.0 Å². The highest BCUT2D eigenvalue weighted by Gasteiger charge is 2.12. The van der Waals surface area contributed by atoms with Gasteiger partial charge < -0.3 is 14.6 Å². The first-order valence-electron chi connectivity index (χ1n) is 11.4. The molecule has 2 unspecified atom stereocenters. The van der Waals surface area contributed by atoms with E-state index in [9.17, 15) is 5.11 Å². The lowest BCUT2D eigenvalue weighted by molar-refractivity contribution is -0.129. The largest absolute Gasteiger partial charge is 0.473 e. The zero-order valence-corrected chi connectivity index (χ0v) is 19.3. The summed E-state index contributed by atoms with van der Waals surface area (Å²) in [6.07, 6.45) is 15.0. The smallest absolute Gasteiger partial charge is 0.198 e. The van der Waals surface area contributed by atoms with Crippen molar-refractivity contribution >= 4 is 0 Å². The van der Waals surface area contributed by atoms with E-state index in [-0.39, 0.29) is 6.29 Å². The average Bonchev–Trinajstić information content (AvgIpc) is 2.78. The predicted octanol–water partition coefficient (Wildman–Crippen LogP) is 6.06. The number of allylic oxidation sites excluding steroid dienone is 3. The Balaban J connectivity index is 2.12. The van der Waals surface area contributed by atoms with Crippen LogP contribution in [-0.2, 0) is 9.47 Å². The van der Waals surface area contributed by atoms with Gasteiger partial charge in [0.25, 0.3) is 0 Å². The van der Waals surface area contributed by atoms with Crippen molar-refractivity contribution in [1.82, 2.24) is 0 Å². The topological polar surface area (TPSA) is 38.7 Å². The SMILES string of the molecule is C=CC(O)C#CCCC#CCCCCC#CCCC(/C=C/OC1CCCCO1)=C(C)C. The monoisotopic (exact) mass is 422 g/mol. The van der Waals surface area contributed by atoms with Gasteiger partial charge in [0, 0.05) is 38.5 Å². The summed E-state index contributed by atoms with van der Waals surface area (Å²) in [5.74, 6) is 18.5. The van der Waals surface area contributed by atoms with Gasteiger partial charge in [-0.3, -0.25) is 0 Å². The number of hydrogen-bond acceptors (Lipinski definition) is 3. The fraction of sp³-hybridized carbons (Fsp3) is 0.571. The molecule has 1 fully saturated rings. The molecule has 1 saturated heterocycles. The minimum absolute atomic E-state index is 0.0853. The first-order valence-corrected chi connectivity index (χ1v) is 11.4. The molecular weight excluding hydrogens is 384 g/mol. The van der Waals surface area contributed by atoms with E-state index in [1.165, 1.54) is 23.6 Å². The molecule has 1 aliphatic heterocycles. The highest BCUT2D eigenvalue weighted by Crippen LogP contribution is 2.16. The Bertz CT molecular complexity index is 745. The predicted molar refractivity (Wildman–Crippen MR) is 129 cm³/mol. The fourth-order valence-corrected chi connectivity index (χ4v) is 2.87. The number of unbranched alkanes of at least 4 members (excludes halogenated alkanes) is 4. The molecule has 0 aromatic rings. The molecule has 0 bridgehead atoms. The van der Waals surface area contributed by atoms with Crippen LogP contribution in [0, 0.1) is 35.5 Å². The highest BCUT2D eigenvalue weighted by atomic mass is 16.7. The van der Waals surface area contributed by atoms with Gasteiger partial charge in [0.05, 0.1) is 12.9 Å². The first-order chi connectivity index (χ1) is 15.1. The van der Waals surface area contributed by atoms with Crippen molar-refractivity contribution in [2.75, 3.05) is 6.61 Å². The number of rotatable bonds is 10. The van der Waals surface area contributed by atoms with Gasteiger partial charge in [0.1, 0.15) is 6.10 Å². The molecule has 1 N–H and O–H groups in total. The summed E-state index contributed by atoms with van der Waals surface area (Å²) in [4.78, 5) is 0. The third kappa shape index (κ3) is 15.1. The lowest BCUT2D eigenvalue weighted by Crippen LogP contribution is -2.20. The number of aliphatic hydroxyl groups is 1.